The first-order valence-corrected chi connectivity index (χ1v) is 8.22. The number of rotatable bonds is 1. The van der Waals surface area contributed by atoms with E-state index in [9.17, 15) is 9.59 Å². The summed E-state index contributed by atoms with van der Waals surface area (Å²) in [5.74, 6) is -0.381. The third-order valence-corrected chi connectivity index (χ3v) is 4.00. The summed E-state index contributed by atoms with van der Waals surface area (Å²) in [6, 6.07) is 3.65. The van der Waals surface area contributed by atoms with Crippen LogP contribution in [-0.2, 0) is 11.3 Å². The zero-order chi connectivity index (χ0) is 17.6. The van der Waals surface area contributed by atoms with Gasteiger partial charge in [0.15, 0.2) is 0 Å². The summed E-state index contributed by atoms with van der Waals surface area (Å²) in [5.41, 5.74) is 1.78. The van der Waals surface area contributed by atoms with Crippen LogP contribution in [0, 0.1) is 6.92 Å². The number of carbonyl (C=O) groups is 2. The molecule has 8 heteroatoms. The van der Waals surface area contributed by atoms with Crippen LogP contribution in [0.25, 0.3) is 5.69 Å². The standard InChI is InChI=1S/C16H17BrN4O3/c1-9-13-11(19-21(9)10-5-6-12(17)18-7-10)8-20(14(13)22)15(23)24-16(2,3)4/h5-7H,8H2,1-4H3. The zero-order valence-electron chi connectivity index (χ0n) is 13.8. The number of hydrogen-bond donors (Lipinski definition) is 0. The Bertz CT molecular complexity index is 821. The molecule has 0 radical (unpaired) electrons. The molecule has 0 aliphatic carbocycles. The third-order valence-electron chi connectivity index (χ3n) is 3.53. The normalized spacial score (nSPS) is 14.0. The van der Waals surface area contributed by atoms with Crippen molar-refractivity contribution in [2.24, 2.45) is 0 Å². The molecule has 1 aliphatic rings. The van der Waals surface area contributed by atoms with Crippen molar-refractivity contribution in [1.29, 1.82) is 0 Å². The molecule has 126 valence electrons. The summed E-state index contributed by atoms with van der Waals surface area (Å²) in [7, 11) is 0. The summed E-state index contributed by atoms with van der Waals surface area (Å²) in [5, 5.41) is 4.46. The molecule has 0 aromatic carbocycles. The van der Waals surface area contributed by atoms with Crippen molar-refractivity contribution in [2.45, 2.75) is 39.8 Å². The van der Waals surface area contributed by atoms with Crippen molar-refractivity contribution in [3.63, 3.8) is 0 Å². The molecular weight excluding hydrogens is 376 g/mol. The maximum atomic E-state index is 12.6. The van der Waals surface area contributed by atoms with Gasteiger partial charge in [0.05, 0.1) is 35.4 Å². The van der Waals surface area contributed by atoms with Gasteiger partial charge in [-0.15, -0.1) is 0 Å². The number of ether oxygens (including phenoxy) is 1. The predicted octanol–water partition coefficient (Wildman–Crippen LogP) is 3.23. The Morgan fingerprint density at radius 3 is 2.58 bits per heavy atom. The molecule has 2 amide bonds. The molecule has 3 rings (SSSR count). The van der Waals surface area contributed by atoms with Crippen molar-refractivity contribution in [3.8, 4) is 5.69 Å². The highest BCUT2D eigenvalue weighted by Crippen LogP contribution is 2.28. The van der Waals surface area contributed by atoms with Gasteiger partial charge in [0.1, 0.15) is 10.2 Å². The van der Waals surface area contributed by atoms with Gasteiger partial charge in [-0.25, -0.2) is 19.4 Å². The topological polar surface area (TPSA) is 77.3 Å². The number of hydrogen-bond acceptors (Lipinski definition) is 5. The molecule has 1 aliphatic heterocycles. The first-order chi connectivity index (χ1) is 11.2. The van der Waals surface area contributed by atoms with Crippen LogP contribution < -0.4 is 0 Å². The minimum atomic E-state index is -0.657. The van der Waals surface area contributed by atoms with E-state index in [2.05, 4.69) is 26.0 Å². The van der Waals surface area contributed by atoms with E-state index in [4.69, 9.17) is 4.74 Å². The number of imide groups is 1. The lowest BCUT2D eigenvalue weighted by molar-refractivity contribution is 0.0246. The molecule has 0 unspecified atom stereocenters. The number of fused-ring (bicyclic) bond motifs is 1. The maximum absolute atomic E-state index is 12.6. The van der Waals surface area contributed by atoms with Crippen LogP contribution in [-0.4, -0.2) is 37.3 Å². The molecule has 0 fully saturated rings. The second kappa shape index (κ2) is 5.70. The Kier molecular flexibility index (Phi) is 3.95. The Hall–Kier alpha value is -2.22. The van der Waals surface area contributed by atoms with Gasteiger partial charge in [-0.1, -0.05) is 0 Å². The van der Waals surface area contributed by atoms with Gasteiger partial charge in [-0.2, -0.15) is 5.10 Å². The zero-order valence-corrected chi connectivity index (χ0v) is 15.4. The lowest BCUT2D eigenvalue weighted by atomic mass is 10.2. The third kappa shape index (κ3) is 2.93. The lowest BCUT2D eigenvalue weighted by Crippen LogP contribution is -2.37. The molecule has 0 atom stereocenters. The highest BCUT2D eigenvalue weighted by molar-refractivity contribution is 9.10. The molecule has 0 spiro atoms. The highest BCUT2D eigenvalue weighted by Gasteiger charge is 2.39. The van der Waals surface area contributed by atoms with Gasteiger partial charge in [0, 0.05) is 0 Å². The Balaban J connectivity index is 1.90. The van der Waals surface area contributed by atoms with Gasteiger partial charge in [0.25, 0.3) is 5.91 Å². The van der Waals surface area contributed by atoms with E-state index >= 15 is 0 Å². The molecule has 0 saturated carbocycles. The van der Waals surface area contributed by atoms with Crippen LogP contribution in [0.3, 0.4) is 0 Å². The SMILES string of the molecule is Cc1c2c(nn1-c1ccc(Br)nc1)CN(C(=O)OC(C)(C)C)C2=O. The fourth-order valence-corrected chi connectivity index (χ4v) is 2.75. The monoisotopic (exact) mass is 392 g/mol. The summed E-state index contributed by atoms with van der Waals surface area (Å²) < 4.78 is 7.66. The number of pyridine rings is 1. The maximum Gasteiger partial charge on any atom is 0.417 e. The predicted molar refractivity (Wildman–Crippen MR) is 89.9 cm³/mol. The van der Waals surface area contributed by atoms with Crippen LogP contribution in [0.1, 0.15) is 42.5 Å². The van der Waals surface area contributed by atoms with Crippen LogP contribution in [0.15, 0.2) is 22.9 Å². The minimum Gasteiger partial charge on any atom is -0.443 e. The molecule has 0 N–H and O–H groups in total. The summed E-state index contributed by atoms with van der Waals surface area (Å²) in [6.45, 7) is 7.19. The van der Waals surface area contributed by atoms with Crippen LogP contribution in [0.2, 0.25) is 0 Å². The first-order valence-electron chi connectivity index (χ1n) is 7.42. The molecule has 0 bridgehead atoms. The van der Waals surface area contributed by atoms with Crippen molar-refractivity contribution in [3.05, 3.63) is 39.9 Å². The van der Waals surface area contributed by atoms with Gasteiger partial charge in [-0.3, -0.25) is 4.79 Å². The van der Waals surface area contributed by atoms with E-state index in [0.29, 0.717) is 17.0 Å². The number of carbonyl (C=O) groups excluding carboxylic acids is 2. The van der Waals surface area contributed by atoms with Crippen molar-refractivity contribution in [1.82, 2.24) is 19.7 Å². The summed E-state index contributed by atoms with van der Waals surface area (Å²) in [4.78, 5) is 30.0. The van der Waals surface area contributed by atoms with Crippen LogP contribution in [0.4, 0.5) is 4.79 Å². The van der Waals surface area contributed by atoms with Crippen molar-refractivity contribution < 1.29 is 14.3 Å². The second-order valence-corrected chi connectivity index (χ2v) is 7.34. The first kappa shape index (κ1) is 16.6. The molecule has 0 saturated heterocycles. The number of nitrogens with zero attached hydrogens (tertiary/aromatic N) is 4. The van der Waals surface area contributed by atoms with Gasteiger partial charge < -0.3 is 4.74 Å². The summed E-state index contributed by atoms with van der Waals surface area (Å²) >= 11 is 3.29. The molecule has 2 aromatic heterocycles. The Labute approximate surface area is 147 Å². The number of halogens is 1. The van der Waals surface area contributed by atoms with Crippen LogP contribution in [0.5, 0.6) is 0 Å². The quantitative estimate of drug-likeness (QED) is 0.696. The Morgan fingerprint density at radius 2 is 2.04 bits per heavy atom. The fraction of sp³-hybridized carbons (Fsp3) is 0.375. The molecular formula is C16H17BrN4O3. The lowest BCUT2D eigenvalue weighted by Gasteiger charge is -2.23. The minimum absolute atomic E-state index is 0.112. The average molecular weight is 393 g/mol. The smallest absolute Gasteiger partial charge is 0.417 e. The van der Waals surface area contributed by atoms with E-state index < -0.39 is 11.7 Å². The highest BCUT2D eigenvalue weighted by atomic mass is 79.9. The Morgan fingerprint density at radius 1 is 1.33 bits per heavy atom. The fourth-order valence-electron chi connectivity index (χ4n) is 2.52. The number of aromatic nitrogens is 3. The van der Waals surface area contributed by atoms with E-state index in [1.54, 1.807) is 44.6 Å². The molecule has 2 aromatic rings. The van der Waals surface area contributed by atoms with E-state index in [1.807, 2.05) is 6.07 Å². The van der Waals surface area contributed by atoms with E-state index in [1.165, 1.54) is 0 Å². The van der Waals surface area contributed by atoms with E-state index in [0.717, 1.165) is 15.2 Å². The average Bonchev–Trinajstić information content (AvgIpc) is 2.96. The van der Waals surface area contributed by atoms with Crippen molar-refractivity contribution >= 4 is 27.9 Å². The van der Waals surface area contributed by atoms with E-state index in [-0.39, 0.29) is 12.5 Å². The second-order valence-electron chi connectivity index (χ2n) is 6.53. The van der Waals surface area contributed by atoms with Gasteiger partial charge >= 0.3 is 6.09 Å². The molecule has 24 heavy (non-hydrogen) atoms. The van der Waals surface area contributed by atoms with Gasteiger partial charge in [0.2, 0.25) is 0 Å². The largest absolute Gasteiger partial charge is 0.443 e. The summed E-state index contributed by atoms with van der Waals surface area (Å²) in [6.07, 6.45) is 1.01. The van der Waals surface area contributed by atoms with Crippen molar-refractivity contribution in [2.75, 3.05) is 0 Å². The number of amides is 2. The van der Waals surface area contributed by atoms with Crippen LogP contribution >= 0.6 is 15.9 Å². The molecule has 3 heterocycles. The van der Waals surface area contributed by atoms with Gasteiger partial charge in [-0.05, 0) is 55.8 Å². The molecule has 7 nitrogen and oxygen atoms in total.